The fraction of sp³-hybridized carbons (Fsp3) is 0.211. The van der Waals surface area contributed by atoms with E-state index in [1.807, 2.05) is 19.1 Å². The van der Waals surface area contributed by atoms with Crippen molar-refractivity contribution in [2.75, 3.05) is 12.4 Å². The Hall–Kier alpha value is -3.22. The number of methoxy groups -OCH3 is 1. The summed E-state index contributed by atoms with van der Waals surface area (Å²) in [6, 6.07) is 11.7. The van der Waals surface area contributed by atoms with Gasteiger partial charge in [-0.3, -0.25) is 4.79 Å². The van der Waals surface area contributed by atoms with Crippen molar-refractivity contribution in [1.29, 1.82) is 0 Å². The molecule has 0 aliphatic heterocycles. The van der Waals surface area contributed by atoms with Crippen molar-refractivity contribution in [3.8, 4) is 17.2 Å². The molecule has 0 spiro atoms. The molecule has 0 bridgehead atoms. The van der Waals surface area contributed by atoms with E-state index in [0.29, 0.717) is 11.4 Å². The second-order valence-corrected chi connectivity index (χ2v) is 5.73. The van der Waals surface area contributed by atoms with Gasteiger partial charge in [-0.25, -0.2) is 4.39 Å². The number of anilines is 1. The fourth-order valence-corrected chi connectivity index (χ4v) is 2.45. The number of hydrogen-bond acceptors (Lipinski definition) is 5. The number of carbonyl (C=O) groups excluding carboxylic acids is 1. The maximum absolute atomic E-state index is 13.7. The van der Waals surface area contributed by atoms with Gasteiger partial charge < -0.3 is 14.5 Å². The van der Waals surface area contributed by atoms with Crippen LogP contribution in [0.5, 0.6) is 5.75 Å². The third kappa shape index (κ3) is 4.05. The topological polar surface area (TPSA) is 77.2 Å². The number of hydrogen-bond donors (Lipinski definition) is 1. The molecule has 1 amide bonds. The molecule has 1 aromatic heterocycles. The van der Waals surface area contributed by atoms with Crippen LogP contribution in [0.15, 0.2) is 46.9 Å². The molecule has 0 aliphatic carbocycles. The molecule has 0 radical (unpaired) electrons. The lowest BCUT2D eigenvalue weighted by molar-refractivity contribution is -0.116. The number of rotatable bonds is 6. The first-order chi connectivity index (χ1) is 12.6. The van der Waals surface area contributed by atoms with E-state index in [2.05, 4.69) is 15.5 Å². The summed E-state index contributed by atoms with van der Waals surface area (Å²) in [6.45, 7) is 1.93. The van der Waals surface area contributed by atoms with Gasteiger partial charge in [0.2, 0.25) is 11.8 Å². The second kappa shape index (κ2) is 7.77. The van der Waals surface area contributed by atoms with Crippen LogP contribution < -0.4 is 10.1 Å². The van der Waals surface area contributed by atoms with Crippen LogP contribution in [0.4, 0.5) is 10.1 Å². The predicted molar refractivity (Wildman–Crippen MR) is 94.4 cm³/mol. The van der Waals surface area contributed by atoms with Crippen molar-refractivity contribution >= 4 is 11.6 Å². The van der Waals surface area contributed by atoms with Crippen LogP contribution in [0, 0.1) is 12.7 Å². The zero-order chi connectivity index (χ0) is 18.5. The average Bonchev–Trinajstić information content (AvgIpc) is 3.09. The maximum Gasteiger partial charge on any atom is 0.250 e. The number of nitrogens with zero attached hydrogens (tertiary/aromatic N) is 2. The highest BCUT2D eigenvalue weighted by Crippen LogP contribution is 2.25. The van der Waals surface area contributed by atoms with Crippen molar-refractivity contribution in [3.63, 3.8) is 0 Å². The van der Waals surface area contributed by atoms with Crippen LogP contribution >= 0.6 is 0 Å². The van der Waals surface area contributed by atoms with Crippen molar-refractivity contribution in [3.05, 3.63) is 59.7 Å². The van der Waals surface area contributed by atoms with Gasteiger partial charge >= 0.3 is 0 Å². The molecule has 1 N–H and O–H groups in total. The van der Waals surface area contributed by atoms with E-state index in [-0.39, 0.29) is 36.1 Å². The molecule has 3 rings (SSSR count). The highest BCUT2D eigenvalue weighted by atomic mass is 19.1. The van der Waals surface area contributed by atoms with Gasteiger partial charge in [0.1, 0.15) is 11.6 Å². The standard InChI is InChI=1S/C19H18FN3O3/c1-12-7-8-16(25-2)15(11-12)21-17(24)9-10-18-22-23-19(26-18)13-5-3-4-6-14(13)20/h3-8,11H,9-10H2,1-2H3,(H,21,24). The molecule has 7 heteroatoms. The number of aromatic nitrogens is 2. The third-order valence-electron chi connectivity index (χ3n) is 3.77. The van der Waals surface area contributed by atoms with Crippen LogP contribution in [0.3, 0.4) is 0 Å². The normalized spacial score (nSPS) is 10.6. The summed E-state index contributed by atoms with van der Waals surface area (Å²) in [7, 11) is 1.54. The maximum atomic E-state index is 13.7. The van der Waals surface area contributed by atoms with Crippen molar-refractivity contribution < 1.29 is 18.3 Å². The van der Waals surface area contributed by atoms with Crippen LogP contribution in [0.2, 0.25) is 0 Å². The summed E-state index contributed by atoms with van der Waals surface area (Å²) < 4.78 is 24.4. The Bertz CT molecular complexity index is 924. The van der Waals surface area contributed by atoms with Crippen LogP contribution in [-0.4, -0.2) is 23.2 Å². The first-order valence-corrected chi connectivity index (χ1v) is 8.08. The molecule has 1 heterocycles. The zero-order valence-corrected chi connectivity index (χ0v) is 14.5. The van der Waals surface area contributed by atoms with E-state index >= 15 is 0 Å². The summed E-state index contributed by atoms with van der Waals surface area (Å²) in [5.74, 6) is 0.309. The minimum Gasteiger partial charge on any atom is -0.495 e. The highest BCUT2D eigenvalue weighted by molar-refractivity contribution is 5.92. The summed E-state index contributed by atoms with van der Waals surface area (Å²) in [5.41, 5.74) is 1.85. The van der Waals surface area contributed by atoms with E-state index in [4.69, 9.17) is 9.15 Å². The van der Waals surface area contributed by atoms with Gasteiger partial charge in [0.25, 0.3) is 5.89 Å². The highest BCUT2D eigenvalue weighted by Gasteiger charge is 2.14. The Morgan fingerprint density at radius 1 is 1.23 bits per heavy atom. The molecule has 0 aliphatic rings. The summed E-state index contributed by atoms with van der Waals surface area (Å²) in [4.78, 5) is 12.2. The molecule has 0 fully saturated rings. The Labute approximate surface area is 150 Å². The number of nitrogens with one attached hydrogen (secondary N) is 1. The molecule has 0 atom stereocenters. The molecule has 26 heavy (non-hydrogen) atoms. The van der Waals surface area contributed by atoms with Crippen molar-refractivity contribution in [2.24, 2.45) is 0 Å². The minimum absolute atomic E-state index is 0.0962. The molecule has 134 valence electrons. The van der Waals surface area contributed by atoms with Crippen molar-refractivity contribution in [1.82, 2.24) is 10.2 Å². The number of carbonyl (C=O) groups is 1. The molecular formula is C19H18FN3O3. The van der Waals surface area contributed by atoms with Gasteiger partial charge in [-0.2, -0.15) is 0 Å². The van der Waals surface area contributed by atoms with Gasteiger partial charge in [0.15, 0.2) is 0 Å². The smallest absolute Gasteiger partial charge is 0.250 e. The summed E-state index contributed by atoms with van der Waals surface area (Å²) in [5, 5.41) is 10.5. The minimum atomic E-state index is -0.438. The lowest BCUT2D eigenvalue weighted by Crippen LogP contribution is -2.13. The second-order valence-electron chi connectivity index (χ2n) is 5.73. The fourth-order valence-electron chi connectivity index (χ4n) is 2.45. The monoisotopic (exact) mass is 355 g/mol. The van der Waals surface area contributed by atoms with Gasteiger partial charge in [-0.05, 0) is 36.8 Å². The van der Waals surface area contributed by atoms with Gasteiger partial charge in [-0.15, -0.1) is 10.2 Å². The third-order valence-corrected chi connectivity index (χ3v) is 3.77. The average molecular weight is 355 g/mol. The number of aryl methyl sites for hydroxylation is 2. The lowest BCUT2D eigenvalue weighted by Gasteiger charge is -2.10. The molecule has 0 unspecified atom stereocenters. The predicted octanol–water partition coefficient (Wildman–Crippen LogP) is 3.76. The number of benzene rings is 2. The quantitative estimate of drug-likeness (QED) is 0.728. The van der Waals surface area contributed by atoms with Gasteiger partial charge in [0.05, 0.1) is 18.4 Å². The van der Waals surface area contributed by atoms with Gasteiger partial charge in [-0.1, -0.05) is 18.2 Å². The Morgan fingerprint density at radius 2 is 2.04 bits per heavy atom. The molecule has 2 aromatic carbocycles. The molecule has 3 aromatic rings. The number of halogens is 1. The number of ether oxygens (including phenoxy) is 1. The van der Waals surface area contributed by atoms with Crippen molar-refractivity contribution in [2.45, 2.75) is 19.8 Å². The largest absolute Gasteiger partial charge is 0.495 e. The molecular weight excluding hydrogens is 337 g/mol. The van der Waals surface area contributed by atoms with Crippen LogP contribution in [-0.2, 0) is 11.2 Å². The lowest BCUT2D eigenvalue weighted by atomic mass is 10.2. The van der Waals surface area contributed by atoms with E-state index in [0.717, 1.165) is 5.56 Å². The Balaban J connectivity index is 1.62. The number of amides is 1. The molecule has 0 saturated carbocycles. The Kier molecular flexibility index (Phi) is 5.26. The SMILES string of the molecule is COc1ccc(C)cc1NC(=O)CCc1nnc(-c2ccccc2F)o1. The zero-order valence-electron chi connectivity index (χ0n) is 14.5. The Morgan fingerprint density at radius 3 is 2.81 bits per heavy atom. The van der Waals surface area contributed by atoms with E-state index in [1.54, 1.807) is 31.4 Å². The van der Waals surface area contributed by atoms with Crippen LogP contribution in [0.1, 0.15) is 17.9 Å². The molecule has 0 saturated heterocycles. The first kappa shape index (κ1) is 17.6. The van der Waals surface area contributed by atoms with Gasteiger partial charge in [0, 0.05) is 12.8 Å². The van der Waals surface area contributed by atoms with E-state index in [1.165, 1.54) is 6.07 Å². The van der Waals surface area contributed by atoms with E-state index in [9.17, 15) is 9.18 Å². The summed E-state index contributed by atoms with van der Waals surface area (Å²) >= 11 is 0. The summed E-state index contributed by atoms with van der Waals surface area (Å²) in [6.07, 6.45) is 0.400. The first-order valence-electron chi connectivity index (χ1n) is 8.08. The van der Waals surface area contributed by atoms with E-state index < -0.39 is 5.82 Å². The molecule has 6 nitrogen and oxygen atoms in total. The van der Waals surface area contributed by atoms with Crippen LogP contribution in [0.25, 0.3) is 11.5 Å².